The number of carbonyl (C=O) groups excluding carboxylic acids is 2. The molecule has 7 nitrogen and oxygen atoms in total. The van der Waals surface area contributed by atoms with E-state index in [0.717, 1.165) is 0 Å². The molecule has 2 heterocycles. The molecule has 0 radical (unpaired) electrons. The van der Waals surface area contributed by atoms with Crippen molar-refractivity contribution in [1.82, 2.24) is 5.32 Å². The lowest BCUT2D eigenvalue weighted by Gasteiger charge is -2.30. The smallest absolute Gasteiger partial charge is 0.337 e. The molecule has 1 aliphatic heterocycles. The lowest BCUT2D eigenvalue weighted by molar-refractivity contribution is -0.139. The lowest BCUT2D eigenvalue weighted by Crippen LogP contribution is -2.32. The molecule has 1 atom stereocenters. The quantitative estimate of drug-likeness (QED) is 0.437. The summed E-state index contributed by atoms with van der Waals surface area (Å²) in [6.45, 7) is 3.45. The third-order valence-corrected chi connectivity index (χ3v) is 5.20. The molecule has 1 aliphatic rings. The zero-order chi connectivity index (χ0) is 23.8. The number of hydrogen-bond acceptors (Lipinski definition) is 7. The molecule has 2 aromatic rings. The third kappa shape index (κ3) is 5.93. The lowest BCUT2D eigenvalue weighted by atomic mass is 9.80. The molecular formula is C25H23ClN2O5. The molecule has 0 aliphatic carbocycles. The Kier molecular flexibility index (Phi) is 8.11. The highest BCUT2D eigenvalue weighted by Crippen LogP contribution is 2.39. The summed E-state index contributed by atoms with van der Waals surface area (Å²) in [5.41, 5.74) is 2.30. The van der Waals surface area contributed by atoms with Crippen molar-refractivity contribution >= 4 is 29.6 Å². The van der Waals surface area contributed by atoms with Crippen LogP contribution in [0.5, 0.6) is 0 Å². The number of nitriles is 1. The van der Waals surface area contributed by atoms with Crippen LogP contribution in [0.25, 0.3) is 6.08 Å². The monoisotopic (exact) mass is 466 g/mol. The van der Waals surface area contributed by atoms with E-state index in [2.05, 4.69) is 5.32 Å². The minimum Gasteiger partial charge on any atom is -0.465 e. The molecule has 0 fully saturated rings. The standard InChI is InChI=1S/C25H23ClN2O5/c1-16-21(24(29)32-13-5-10-20-9-4-12-31-20)23(18-7-3-8-19(26)15-18)22(17(2)28-16)25(30)33-14-6-11-27/h3-5,7-10,12,15,23,28H,6,13-14H2,1-2H3/b10-5+. The van der Waals surface area contributed by atoms with E-state index < -0.39 is 17.9 Å². The maximum atomic E-state index is 13.1. The molecule has 0 saturated heterocycles. The molecule has 8 heteroatoms. The van der Waals surface area contributed by atoms with Crippen molar-refractivity contribution in [2.24, 2.45) is 0 Å². The summed E-state index contributed by atoms with van der Waals surface area (Å²) in [6, 6.07) is 12.4. The molecule has 1 unspecified atom stereocenters. The Hall–Kier alpha value is -3.76. The number of benzene rings is 1. The number of hydrogen-bond donors (Lipinski definition) is 1. The highest BCUT2D eigenvalue weighted by Gasteiger charge is 2.38. The molecule has 0 saturated carbocycles. The predicted molar refractivity (Wildman–Crippen MR) is 123 cm³/mol. The van der Waals surface area contributed by atoms with Gasteiger partial charge in [-0.05, 0) is 55.8 Å². The van der Waals surface area contributed by atoms with E-state index in [4.69, 9.17) is 30.8 Å². The molecule has 33 heavy (non-hydrogen) atoms. The van der Waals surface area contributed by atoms with Crippen molar-refractivity contribution in [2.75, 3.05) is 13.2 Å². The van der Waals surface area contributed by atoms with E-state index in [1.807, 2.05) is 6.07 Å². The van der Waals surface area contributed by atoms with Gasteiger partial charge < -0.3 is 19.2 Å². The van der Waals surface area contributed by atoms with Crippen molar-refractivity contribution in [2.45, 2.75) is 26.2 Å². The molecule has 1 aromatic heterocycles. The fourth-order valence-corrected chi connectivity index (χ4v) is 3.77. The van der Waals surface area contributed by atoms with Gasteiger partial charge >= 0.3 is 11.9 Å². The fourth-order valence-electron chi connectivity index (χ4n) is 3.57. The van der Waals surface area contributed by atoms with E-state index in [0.29, 0.717) is 27.7 Å². The van der Waals surface area contributed by atoms with Gasteiger partial charge in [0.05, 0.1) is 35.8 Å². The Bertz CT molecular complexity index is 1160. The Morgan fingerprint density at radius 1 is 1.15 bits per heavy atom. The minimum atomic E-state index is -0.749. The van der Waals surface area contributed by atoms with Gasteiger partial charge in [0.1, 0.15) is 19.0 Å². The Balaban J connectivity index is 1.91. The number of halogens is 1. The number of ether oxygens (including phenoxy) is 2. The first-order valence-electron chi connectivity index (χ1n) is 10.3. The van der Waals surface area contributed by atoms with Gasteiger partial charge in [-0.3, -0.25) is 0 Å². The Labute approximate surface area is 196 Å². The molecule has 0 bridgehead atoms. The predicted octanol–water partition coefficient (Wildman–Crippen LogP) is 4.88. The summed E-state index contributed by atoms with van der Waals surface area (Å²) in [4.78, 5) is 26.1. The van der Waals surface area contributed by atoms with Crippen LogP contribution in [0, 0.1) is 11.3 Å². The highest BCUT2D eigenvalue weighted by molar-refractivity contribution is 6.30. The number of rotatable bonds is 8. The number of carbonyl (C=O) groups is 2. The van der Waals surface area contributed by atoms with E-state index in [1.165, 1.54) is 0 Å². The van der Waals surface area contributed by atoms with Gasteiger partial charge in [0.2, 0.25) is 0 Å². The summed E-state index contributed by atoms with van der Waals surface area (Å²) in [6.07, 6.45) is 4.98. The van der Waals surface area contributed by atoms with Crippen LogP contribution in [0.15, 0.2) is 75.7 Å². The number of dihydropyridines is 1. The van der Waals surface area contributed by atoms with Gasteiger partial charge in [-0.1, -0.05) is 23.7 Å². The van der Waals surface area contributed by atoms with E-state index >= 15 is 0 Å². The number of furan rings is 1. The van der Waals surface area contributed by atoms with Gasteiger partial charge in [-0.25, -0.2) is 9.59 Å². The van der Waals surface area contributed by atoms with Crippen LogP contribution < -0.4 is 5.32 Å². The third-order valence-electron chi connectivity index (χ3n) is 4.97. The van der Waals surface area contributed by atoms with Crippen molar-refractivity contribution < 1.29 is 23.5 Å². The number of nitrogens with zero attached hydrogens (tertiary/aromatic N) is 1. The topological polar surface area (TPSA) is 102 Å². The first-order valence-corrected chi connectivity index (χ1v) is 10.7. The van der Waals surface area contributed by atoms with Crippen LogP contribution in [-0.4, -0.2) is 25.2 Å². The number of allylic oxidation sites excluding steroid dienone is 2. The summed E-state index contributed by atoms with van der Waals surface area (Å²) in [5.74, 6) is -1.31. The summed E-state index contributed by atoms with van der Waals surface area (Å²) in [5, 5.41) is 12.3. The first kappa shape index (κ1) is 23.9. The highest BCUT2D eigenvalue weighted by atomic mass is 35.5. The molecule has 3 rings (SSSR count). The van der Waals surface area contributed by atoms with Crippen molar-refractivity contribution in [3.8, 4) is 6.07 Å². The van der Waals surface area contributed by atoms with Gasteiger partial charge in [-0.2, -0.15) is 5.26 Å². The molecule has 1 N–H and O–H groups in total. The second kappa shape index (κ2) is 11.2. The fraction of sp³-hybridized carbons (Fsp3) is 0.240. The number of nitrogens with one attached hydrogen (secondary N) is 1. The zero-order valence-electron chi connectivity index (χ0n) is 18.3. The van der Waals surface area contributed by atoms with E-state index in [1.54, 1.807) is 68.7 Å². The van der Waals surface area contributed by atoms with Gasteiger partial charge in [0.15, 0.2) is 0 Å². The van der Waals surface area contributed by atoms with Gasteiger partial charge in [-0.15, -0.1) is 0 Å². The summed E-state index contributed by atoms with van der Waals surface area (Å²) in [7, 11) is 0. The van der Waals surface area contributed by atoms with E-state index in [-0.39, 0.29) is 30.8 Å². The average molecular weight is 467 g/mol. The van der Waals surface area contributed by atoms with Crippen molar-refractivity contribution in [3.05, 3.63) is 87.6 Å². The van der Waals surface area contributed by atoms with Gasteiger partial charge in [0, 0.05) is 16.4 Å². The summed E-state index contributed by atoms with van der Waals surface area (Å²) < 4.78 is 16.0. The van der Waals surface area contributed by atoms with Crippen LogP contribution in [0.4, 0.5) is 0 Å². The Morgan fingerprint density at radius 3 is 2.52 bits per heavy atom. The van der Waals surface area contributed by atoms with Crippen LogP contribution in [0.2, 0.25) is 5.02 Å². The molecular weight excluding hydrogens is 444 g/mol. The SMILES string of the molecule is CC1=C(C(=O)OC/C=C/c2ccco2)C(c2cccc(Cl)c2)C(C(=O)OCCC#N)=C(C)N1. The summed E-state index contributed by atoms with van der Waals surface area (Å²) >= 11 is 6.21. The largest absolute Gasteiger partial charge is 0.465 e. The maximum Gasteiger partial charge on any atom is 0.337 e. The minimum absolute atomic E-state index is 0.0171. The van der Waals surface area contributed by atoms with Crippen LogP contribution in [-0.2, 0) is 19.1 Å². The van der Waals surface area contributed by atoms with Gasteiger partial charge in [0.25, 0.3) is 0 Å². The first-order chi connectivity index (χ1) is 15.9. The average Bonchev–Trinajstić information content (AvgIpc) is 3.29. The molecule has 0 spiro atoms. The molecule has 1 aromatic carbocycles. The zero-order valence-corrected chi connectivity index (χ0v) is 19.0. The molecule has 170 valence electrons. The maximum absolute atomic E-state index is 13.1. The second-order valence-corrected chi connectivity index (χ2v) is 7.69. The van der Waals surface area contributed by atoms with Crippen LogP contribution in [0.1, 0.15) is 37.5 Å². The van der Waals surface area contributed by atoms with Crippen molar-refractivity contribution in [1.29, 1.82) is 5.26 Å². The van der Waals surface area contributed by atoms with Crippen molar-refractivity contribution in [3.63, 3.8) is 0 Å². The normalized spacial score (nSPS) is 15.9. The van der Waals surface area contributed by atoms with E-state index in [9.17, 15) is 9.59 Å². The second-order valence-electron chi connectivity index (χ2n) is 7.25. The Morgan fingerprint density at radius 2 is 1.88 bits per heavy atom. The number of esters is 2. The van der Waals surface area contributed by atoms with Crippen LogP contribution >= 0.6 is 11.6 Å². The van der Waals surface area contributed by atoms with Crippen LogP contribution in [0.3, 0.4) is 0 Å². The molecule has 0 amide bonds.